The molecule has 0 fully saturated rings. The molecule has 86 heavy (non-hydrogen) atoms. The number of phenols is 1. The number of alkyl carbamates (subject to hydrolysis) is 3. The predicted octanol–water partition coefficient (Wildman–Crippen LogP) is 9.55. The number of primary amides is 1. The van der Waals surface area contributed by atoms with Crippen LogP contribution < -0.4 is 27.0 Å². The minimum atomic E-state index is -1.27. The van der Waals surface area contributed by atoms with Gasteiger partial charge in [0.1, 0.15) is 44.4 Å². The van der Waals surface area contributed by atoms with Gasteiger partial charge in [0.15, 0.2) is 11.6 Å². The fraction of sp³-hybridized carbons (Fsp3) is 0.328. The molecule has 0 aromatic heterocycles. The summed E-state index contributed by atoms with van der Waals surface area (Å²) in [6.45, 7) is 3.50. The molecule has 6 aromatic carbocycles. The molecule has 0 heterocycles. The molecule has 0 saturated heterocycles. The van der Waals surface area contributed by atoms with Crippen LogP contribution in [-0.4, -0.2) is 83.7 Å². The van der Waals surface area contributed by atoms with Gasteiger partial charge in [-0.1, -0.05) is 152 Å². The number of amides is 5. The first kappa shape index (κ1) is 65.5. The molecule has 7 N–H and O–H groups in total. The molecule has 19 heteroatoms. The van der Waals surface area contributed by atoms with Crippen molar-refractivity contribution < 1.29 is 62.4 Å². The molecule has 0 aliphatic heterocycles. The number of Topliss-reactive ketones (excluding diaryl/α,β-unsaturated/α-hetero) is 2. The molecule has 0 aliphatic rings. The normalized spacial score (nSPS) is 12.5. The maximum Gasteiger partial charge on any atom is 0.412 e. The Bertz CT molecular complexity index is 3100. The predicted molar refractivity (Wildman–Crippen MR) is 323 cm³/mol. The van der Waals surface area contributed by atoms with E-state index in [1.54, 1.807) is 86.6 Å². The third-order valence-electron chi connectivity index (χ3n) is 14.1. The number of amidine groups is 1. The van der Waals surface area contributed by atoms with Crippen LogP contribution in [-0.2, 0) is 82.2 Å². The summed E-state index contributed by atoms with van der Waals surface area (Å²) in [6.07, 6.45) is -2.65. The van der Waals surface area contributed by atoms with Crippen LogP contribution >= 0.6 is 0 Å². The lowest BCUT2D eigenvalue weighted by atomic mass is 9.86. The second-order valence-electron chi connectivity index (χ2n) is 20.9. The van der Waals surface area contributed by atoms with Crippen molar-refractivity contribution in [2.24, 2.45) is 22.6 Å². The molecular formula is C67H76N6O13. The summed E-state index contributed by atoms with van der Waals surface area (Å²) in [5, 5.41) is 21.4. The van der Waals surface area contributed by atoms with Gasteiger partial charge in [-0.15, -0.1) is 0 Å². The largest absolute Gasteiger partial charge is 0.508 e. The third-order valence-corrected chi connectivity index (χ3v) is 14.1. The highest BCUT2D eigenvalue weighted by Crippen LogP contribution is 2.26. The van der Waals surface area contributed by atoms with E-state index in [0.29, 0.717) is 35.1 Å². The molecule has 6 aromatic rings. The van der Waals surface area contributed by atoms with Crippen molar-refractivity contribution in [3.05, 3.63) is 208 Å². The van der Waals surface area contributed by atoms with Gasteiger partial charge in [-0.05, 0) is 115 Å². The molecule has 6 rings (SSSR count). The monoisotopic (exact) mass is 1170 g/mol. The lowest BCUT2D eigenvalue weighted by Crippen LogP contribution is -2.47. The van der Waals surface area contributed by atoms with E-state index in [-0.39, 0.29) is 89.6 Å². The van der Waals surface area contributed by atoms with E-state index in [0.717, 1.165) is 22.3 Å². The number of nitrogens with zero attached hydrogens (tertiary/aromatic N) is 1. The number of ketones is 2. The van der Waals surface area contributed by atoms with Crippen molar-refractivity contribution in [3.63, 3.8) is 0 Å². The Morgan fingerprint density at radius 1 is 0.512 bits per heavy atom. The van der Waals surface area contributed by atoms with Crippen LogP contribution in [0.15, 0.2) is 169 Å². The molecular weight excluding hydrogens is 1100 g/mol. The Hall–Kier alpha value is -9.65. The second-order valence-corrected chi connectivity index (χ2v) is 20.9. The number of aryl methyl sites for hydroxylation is 2. The molecule has 0 aliphatic carbocycles. The number of carbonyl (C=O) groups excluding carboxylic acids is 8. The van der Waals surface area contributed by atoms with Gasteiger partial charge in [0.25, 0.3) is 0 Å². The Morgan fingerprint density at radius 2 is 0.953 bits per heavy atom. The molecule has 0 saturated carbocycles. The van der Waals surface area contributed by atoms with E-state index in [1.165, 1.54) is 12.1 Å². The smallest absolute Gasteiger partial charge is 0.412 e. The molecule has 0 radical (unpaired) electrons. The van der Waals surface area contributed by atoms with E-state index in [1.807, 2.05) is 78.9 Å². The van der Waals surface area contributed by atoms with Gasteiger partial charge >= 0.3 is 24.2 Å². The first-order valence-corrected chi connectivity index (χ1v) is 28.7. The summed E-state index contributed by atoms with van der Waals surface area (Å²) >= 11 is 0. The van der Waals surface area contributed by atoms with Crippen LogP contribution in [0, 0.1) is 25.7 Å². The van der Waals surface area contributed by atoms with Crippen molar-refractivity contribution in [2.75, 3.05) is 13.1 Å². The Kier molecular flexibility index (Phi) is 27.0. The Morgan fingerprint density at radius 3 is 1.47 bits per heavy atom. The number of aliphatic imine (C=N–C) groups is 1. The number of nitrogens with one attached hydrogen (secondary N) is 4. The number of aromatic hydroxyl groups is 1. The first-order valence-electron chi connectivity index (χ1n) is 28.7. The number of unbranched alkanes of at least 4 members (excludes halogenated alkanes) is 1. The highest BCUT2D eigenvalue weighted by Gasteiger charge is 2.33. The summed E-state index contributed by atoms with van der Waals surface area (Å²) < 4.78 is 21.8. The zero-order valence-corrected chi connectivity index (χ0v) is 48.6. The fourth-order valence-corrected chi connectivity index (χ4v) is 9.45. The van der Waals surface area contributed by atoms with Gasteiger partial charge in [0.05, 0.1) is 12.1 Å². The van der Waals surface area contributed by atoms with E-state index in [2.05, 4.69) is 26.3 Å². The number of carbonyl (C=O) groups is 8. The van der Waals surface area contributed by atoms with E-state index in [4.69, 9.17) is 24.7 Å². The molecule has 452 valence electrons. The van der Waals surface area contributed by atoms with E-state index >= 15 is 0 Å². The Balaban J connectivity index is 1.22. The van der Waals surface area contributed by atoms with Crippen LogP contribution in [0.3, 0.4) is 0 Å². The standard InChI is InChI=1S/C67H76N6O13/c1-46-35-55(74)36-47(2)56(46)38-54(64(79)71-57(59(75)39-53(63(68)78)37-48-21-8-3-9-22-48)31-18-19-33-70-65(80)84-43-50-25-12-5-13-26-50)40-60(76)58(72-66(81)85-44-51-27-14-6-15-28-51)32-20-34-69-61(41-62(77)83-42-49-23-10-4-11-24-49)73-67(82)86-45-52-29-16-7-17-30-52/h3-17,21-30,35-36,53-54,57-58,74H,18-20,31-34,37-45H2,1-2H3,(H2,68,78)(H,70,80)(H,71,79)(H,72,81)(H,69,73,82)/t53-,54-,57+,58?/m1/s1. The average Bonchev–Trinajstić information content (AvgIpc) is 3.63. The highest BCUT2D eigenvalue weighted by atomic mass is 16.6. The number of ether oxygens (including phenoxy) is 4. The molecule has 0 spiro atoms. The summed E-state index contributed by atoms with van der Waals surface area (Å²) in [6, 6.07) is 45.8. The van der Waals surface area contributed by atoms with Gasteiger partial charge in [-0.3, -0.25) is 34.3 Å². The molecule has 19 nitrogen and oxygen atoms in total. The lowest BCUT2D eigenvalue weighted by molar-refractivity contribution is -0.143. The summed E-state index contributed by atoms with van der Waals surface area (Å²) in [4.78, 5) is 114. The Labute approximate surface area is 501 Å². The quantitative estimate of drug-likeness (QED) is 0.00737. The van der Waals surface area contributed by atoms with Gasteiger partial charge < -0.3 is 45.7 Å². The summed E-state index contributed by atoms with van der Waals surface area (Å²) in [7, 11) is 0. The number of phenolic OH excluding ortho intramolecular Hbond substituents is 1. The number of esters is 1. The summed E-state index contributed by atoms with van der Waals surface area (Å²) in [5.74, 6) is -5.26. The van der Waals surface area contributed by atoms with Crippen LogP contribution in [0.5, 0.6) is 5.75 Å². The van der Waals surface area contributed by atoms with Crippen LogP contribution in [0.1, 0.15) is 95.9 Å². The van der Waals surface area contributed by atoms with Crippen molar-refractivity contribution in [1.82, 2.24) is 21.3 Å². The fourth-order valence-electron chi connectivity index (χ4n) is 9.45. The molecule has 0 bridgehead atoms. The van der Waals surface area contributed by atoms with Crippen molar-refractivity contribution in [1.29, 1.82) is 0 Å². The van der Waals surface area contributed by atoms with E-state index < -0.39 is 84.4 Å². The van der Waals surface area contributed by atoms with Crippen LogP contribution in [0.25, 0.3) is 0 Å². The highest BCUT2D eigenvalue weighted by molar-refractivity contribution is 6.04. The average molecular weight is 1170 g/mol. The van der Waals surface area contributed by atoms with Gasteiger partial charge in [-0.2, -0.15) is 0 Å². The number of benzene rings is 6. The topological polar surface area (TPSA) is 280 Å². The number of rotatable bonds is 33. The second kappa shape index (κ2) is 35.5. The maximum absolute atomic E-state index is 15.0. The zero-order chi connectivity index (χ0) is 61.5. The van der Waals surface area contributed by atoms with Gasteiger partial charge in [0.2, 0.25) is 11.8 Å². The van der Waals surface area contributed by atoms with Gasteiger partial charge in [-0.25, -0.2) is 14.4 Å². The molecule has 1 unspecified atom stereocenters. The third kappa shape index (κ3) is 23.9. The maximum atomic E-state index is 15.0. The molecule has 4 atom stereocenters. The van der Waals surface area contributed by atoms with Crippen molar-refractivity contribution in [3.8, 4) is 5.75 Å². The number of nitrogens with two attached hydrogens (primary N) is 1. The minimum Gasteiger partial charge on any atom is -0.508 e. The van der Waals surface area contributed by atoms with Gasteiger partial charge in [0, 0.05) is 37.8 Å². The molecule has 5 amide bonds. The first-order chi connectivity index (χ1) is 41.6. The lowest BCUT2D eigenvalue weighted by Gasteiger charge is -2.26. The number of hydrogen-bond donors (Lipinski definition) is 6. The van der Waals surface area contributed by atoms with Crippen LogP contribution in [0.2, 0.25) is 0 Å². The SMILES string of the molecule is Cc1cc(O)cc(C)c1C[C@H](CC(=O)C(CCCN=C(CC(=O)OCc1ccccc1)NC(=O)OCc1ccccc1)NC(=O)OCc1ccccc1)C(=O)N[C@@H](CCCCNC(=O)OCc1ccccc1)C(=O)C[C@@H](Cc1ccccc1)C(N)=O. The van der Waals surface area contributed by atoms with Crippen LogP contribution in [0.4, 0.5) is 14.4 Å². The van der Waals surface area contributed by atoms with Crippen molar-refractivity contribution in [2.45, 2.75) is 117 Å². The minimum absolute atomic E-state index is 0.00242. The van der Waals surface area contributed by atoms with E-state index in [9.17, 15) is 43.5 Å². The zero-order valence-electron chi connectivity index (χ0n) is 48.6. The van der Waals surface area contributed by atoms with Crippen molar-refractivity contribution >= 4 is 53.5 Å². The number of hydrogen-bond acceptors (Lipinski definition) is 14. The summed E-state index contributed by atoms with van der Waals surface area (Å²) in [5.41, 5.74) is 11.6.